The summed E-state index contributed by atoms with van der Waals surface area (Å²) >= 11 is 0. The number of hydrogen-bond donors (Lipinski definition) is 3. The quantitative estimate of drug-likeness (QED) is 0.310. The molecule has 122 valence electrons. The minimum atomic E-state index is -0.550. The first kappa shape index (κ1) is 19.9. The molecular weight excluding hydrogens is 250 g/mol. The molecule has 2 unspecified atom stereocenters. The molecule has 3 heteroatoms. The van der Waals surface area contributed by atoms with Crippen molar-refractivity contribution >= 4 is 0 Å². The summed E-state index contributed by atoms with van der Waals surface area (Å²) in [5.41, 5.74) is 0. The minimum absolute atomic E-state index is 0.549. The van der Waals surface area contributed by atoms with Crippen molar-refractivity contribution in [2.24, 2.45) is 0 Å². The third kappa shape index (κ3) is 14.3. The van der Waals surface area contributed by atoms with Gasteiger partial charge in [-0.05, 0) is 25.7 Å². The second-order valence-corrected chi connectivity index (χ2v) is 5.96. The van der Waals surface area contributed by atoms with Gasteiger partial charge < -0.3 is 10.2 Å². The first-order valence-corrected chi connectivity index (χ1v) is 8.82. The summed E-state index contributed by atoms with van der Waals surface area (Å²) in [6, 6.07) is 0. The van der Waals surface area contributed by atoms with Crippen LogP contribution >= 0.6 is 0 Å². The molecule has 0 saturated heterocycles. The van der Waals surface area contributed by atoms with Crippen molar-refractivity contribution in [3.8, 4) is 0 Å². The molecule has 3 nitrogen and oxygen atoms in total. The molecule has 0 rings (SSSR count). The average molecular weight is 287 g/mol. The van der Waals surface area contributed by atoms with Gasteiger partial charge in [-0.3, -0.25) is 5.32 Å². The predicted molar refractivity (Wildman–Crippen MR) is 86.5 cm³/mol. The first-order chi connectivity index (χ1) is 9.70. The number of aliphatic hydroxyl groups is 2. The zero-order chi connectivity index (χ0) is 15.1. The van der Waals surface area contributed by atoms with E-state index in [2.05, 4.69) is 19.2 Å². The first-order valence-electron chi connectivity index (χ1n) is 8.82. The van der Waals surface area contributed by atoms with Crippen LogP contribution in [0.2, 0.25) is 0 Å². The number of hydrogen-bond acceptors (Lipinski definition) is 3. The number of rotatable bonds is 15. The highest BCUT2D eigenvalue weighted by atomic mass is 16.3. The molecule has 0 spiro atoms. The fourth-order valence-electron chi connectivity index (χ4n) is 2.45. The van der Waals surface area contributed by atoms with Crippen LogP contribution in [0.15, 0.2) is 0 Å². The summed E-state index contributed by atoms with van der Waals surface area (Å²) in [5.74, 6) is 0. The fraction of sp³-hybridized carbons (Fsp3) is 1.00. The van der Waals surface area contributed by atoms with Gasteiger partial charge in [0.25, 0.3) is 0 Å². The van der Waals surface area contributed by atoms with Crippen LogP contribution in [0.25, 0.3) is 0 Å². The smallest absolute Gasteiger partial charge is 0.106 e. The summed E-state index contributed by atoms with van der Waals surface area (Å²) in [5, 5.41) is 22.4. The van der Waals surface area contributed by atoms with Crippen LogP contribution in [0.5, 0.6) is 0 Å². The second-order valence-electron chi connectivity index (χ2n) is 5.96. The van der Waals surface area contributed by atoms with Gasteiger partial charge in [0, 0.05) is 0 Å². The van der Waals surface area contributed by atoms with E-state index in [0.29, 0.717) is 0 Å². The lowest BCUT2D eigenvalue weighted by molar-refractivity contribution is 0.0310. The third-order valence-electron chi connectivity index (χ3n) is 3.80. The molecule has 0 fully saturated rings. The maximum atomic E-state index is 9.79. The Bertz CT molecular complexity index is 188. The average Bonchev–Trinajstić information content (AvgIpc) is 2.42. The van der Waals surface area contributed by atoms with Gasteiger partial charge in [0.2, 0.25) is 0 Å². The van der Waals surface area contributed by atoms with Crippen LogP contribution in [-0.4, -0.2) is 22.7 Å². The monoisotopic (exact) mass is 287 g/mol. The van der Waals surface area contributed by atoms with E-state index in [9.17, 15) is 10.2 Å². The molecule has 0 aromatic rings. The van der Waals surface area contributed by atoms with Gasteiger partial charge in [-0.2, -0.15) is 0 Å². The highest BCUT2D eigenvalue weighted by molar-refractivity contribution is 4.59. The van der Waals surface area contributed by atoms with Crippen molar-refractivity contribution < 1.29 is 10.2 Å². The van der Waals surface area contributed by atoms with Gasteiger partial charge in [-0.15, -0.1) is 0 Å². The topological polar surface area (TPSA) is 52.5 Å². The Kier molecular flexibility index (Phi) is 15.2. The molecule has 0 saturated carbocycles. The Morgan fingerprint density at radius 2 is 0.950 bits per heavy atom. The van der Waals surface area contributed by atoms with Gasteiger partial charge >= 0.3 is 0 Å². The minimum Gasteiger partial charge on any atom is -0.379 e. The van der Waals surface area contributed by atoms with Crippen LogP contribution in [0, 0.1) is 0 Å². The highest BCUT2D eigenvalue weighted by Gasteiger charge is 2.09. The number of aliphatic hydroxyl groups excluding tert-OH is 2. The zero-order valence-electron chi connectivity index (χ0n) is 13.7. The number of unbranched alkanes of at least 4 members (excludes halogenated alkanes) is 9. The van der Waals surface area contributed by atoms with E-state index >= 15 is 0 Å². The van der Waals surface area contributed by atoms with Gasteiger partial charge in [-0.25, -0.2) is 0 Å². The van der Waals surface area contributed by atoms with E-state index in [0.717, 1.165) is 25.7 Å². The molecule has 2 atom stereocenters. The second kappa shape index (κ2) is 15.3. The Labute approximate surface area is 126 Å². The maximum absolute atomic E-state index is 9.79. The van der Waals surface area contributed by atoms with Crippen LogP contribution < -0.4 is 5.32 Å². The summed E-state index contributed by atoms with van der Waals surface area (Å²) in [6.45, 7) is 4.41. The van der Waals surface area contributed by atoms with Gasteiger partial charge in [-0.1, -0.05) is 71.6 Å². The Balaban J connectivity index is 3.32. The molecule has 0 aromatic heterocycles. The van der Waals surface area contributed by atoms with Crippen molar-refractivity contribution in [2.75, 3.05) is 0 Å². The van der Waals surface area contributed by atoms with Gasteiger partial charge in [0.15, 0.2) is 0 Å². The molecule has 3 N–H and O–H groups in total. The van der Waals surface area contributed by atoms with Crippen molar-refractivity contribution in [3.63, 3.8) is 0 Å². The predicted octanol–water partition coefficient (Wildman–Crippen LogP) is 4.32. The number of nitrogens with one attached hydrogen (secondary N) is 1. The third-order valence-corrected chi connectivity index (χ3v) is 3.80. The van der Waals surface area contributed by atoms with Crippen molar-refractivity contribution in [3.05, 3.63) is 0 Å². The van der Waals surface area contributed by atoms with Gasteiger partial charge in [0.1, 0.15) is 12.5 Å². The van der Waals surface area contributed by atoms with E-state index in [1.54, 1.807) is 0 Å². The molecular formula is C17H37NO2. The Morgan fingerprint density at radius 3 is 1.40 bits per heavy atom. The van der Waals surface area contributed by atoms with Crippen molar-refractivity contribution in [2.45, 2.75) is 110 Å². The van der Waals surface area contributed by atoms with Crippen LogP contribution in [0.1, 0.15) is 97.3 Å². The van der Waals surface area contributed by atoms with E-state index < -0.39 is 12.5 Å². The molecule has 0 aliphatic heterocycles. The molecule has 0 aromatic carbocycles. The Hall–Kier alpha value is -0.120. The molecule has 0 radical (unpaired) electrons. The van der Waals surface area contributed by atoms with Crippen LogP contribution in [0.4, 0.5) is 0 Å². The standard InChI is InChI=1S/C17H37NO2/c1-3-5-7-9-10-11-13-15-17(20)18-16(19)14-12-8-6-4-2/h16-20H,3-15H2,1-2H3. The summed E-state index contributed by atoms with van der Waals surface area (Å²) in [7, 11) is 0. The summed E-state index contributed by atoms with van der Waals surface area (Å²) in [6.07, 6.45) is 13.8. The molecule has 0 bridgehead atoms. The van der Waals surface area contributed by atoms with E-state index in [1.807, 2.05) is 0 Å². The Morgan fingerprint density at radius 1 is 0.600 bits per heavy atom. The fourth-order valence-corrected chi connectivity index (χ4v) is 2.45. The summed E-state index contributed by atoms with van der Waals surface area (Å²) < 4.78 is 0. The van der Waals surface area contributed by atoms with Gasteiger partial charge in [0.05, 0.1) is 0 Å². The maximum Gasteiger partial charge on any atom is 0.106 e. The SMILES string of the molecule is CCCCCCCCCC(O)NC(O)CCCCCC. The molecule has 20 heavy (non-hydrogen) atoms. The van der Waals surface area contributed by atoms with Crippen LogP contribution in [0.3, 0.4) is 0 Å². The van der Waals surface area contributed by atoms with E-state index in [1.165, 1.54) is 57.8 Å². The lowest BCUT2D eigenvalue weighted by Crippen LogP contribution is -2.38. The molecule has 0 aliphatic rings. The highest BCUT2D eigenvalue weighted by Crippen LogP contribution is 2.10. The van der Waals surface area contributed by atoms with E-state index in [-0.39, 0.29) is 0 Å². The lowest BCUT2D eigenvalue weighted by atomic mass is 10.1. The van der Waals surface area contributed by atoms with Crippen molar-refractivity contribution in [1.82, 2.24) is 5.32 Å². The molecule has 0 aliphatic carbocycles. The van der Waals surface area contributed by atoms with Crippen LogP contribution in [-0.2, 0) is 0 Å². The molecule has 0 amide bonds. The van der Waals surface area contributed by atoms with E-state index in [4.69, 9.17) is 0 Å². The summed E-state index contributed by atoms with van der Waals surface area (Å²) in [4.78, 5) is 0. The normalized spacial score (nSPS) is 14.4. The molecule has 0 heterocycles. The lowest BCUT2D eigenvalue weighted by Gasteiger charge is -2.18. The zero-order valence-corrected chi connectivity index (χ0v) is 13.7. The van der Waals surface area contributed by atoms with Crippen molar-refractivity contribution in [1.29, 1.82) is 0 Å². The largest absolute Gasteiger partial charge is 0.379 e.